The van der Waals surface area contributed by atoms with Crippen LogP contribution in [-0.4, -0.2) is 28.5 Å². The zero-order chi connectivity index (χ0) is 13.3. The normalized spacial score (nSPS) is 23.3. The summed E-state index contributed by atoms with van der Waals surface area (Å²) in [5, 5.41) is 8.14. The standard InChI is InChI=1S/C14H25N3O/c1-9(13-7-6-8-18-13)15-10(2)14-11(3)16-17(5)12(14)4/h9-10,13,15H,6-8H2,1-5H3. The summed E-state index contributed by atoms with van der Waals surface area (Å²) in [5.41, 5.74) is 3.68. The van der Waals surface area contributed by atoms with Crippen molar-refractivity contribution in [3.63, 3.8) is 0 Å². The minimum Gasteiger partial charge on any atom is -0.377 e. The Balaban J connectivity index is 2.04. The number of aromatic nitrogens is 2. The molecule has 1 aromatic heterocycles. The predicted octanol–water partition coefficient (Wildman–Crippen LogP) is 2.26. The van der Waals surface area contributed by atoms with Crippen LogP contribution in [0.2, 0.25) is 0 Å². The molecule has 0 aromatic carbocycles. The van der Waals surface area contributed by atoms with Crippen LogP contribution in [0.15, 0.2) is 0 Å². The lowest BCUT2D eigenvalue weighted by Gasteiger charge is -2.24. The summed E-state index contributed by atoms with van der Waals surface area (Å²) in [6, 6.07) is 0.708. The fourth-order valence-corrected chi connectivity index (χ4v) is 3.00. The van der Waals surface area contributed by atoms with Gasteiger partial charge in [0.05, 0.1) is 11.8 Å². The molecule has 1 fully saturated rings. The molecule has 18 heavy (non-hydrogen) atoms. The smallest absolute Gasteiger partial charge is 0.0726 e. The van der Waals surface area contributed by atoms with Crippen LogP contribution < -0.4 is 5.32 Å². The molecule has 0 spiro atoms. The fourth-order valence-electron chi connectivity index (χ4n) is 3.00. The van der Waals surface area contributed by atoms with Gasteiger partial charge in [0.25, 0.3) is 0 Å². The second-order valence-electron chi connectivity index (χ2n) is 5.44. The maximum atomic E-state index is 5.73. The molecule has 0 aliphatic carbocycles. The van der Waals surface area contributed by atoms with E-state index in [0.29, 0.717) is 18.2 Å². The zero-order valence-corrected chi connectivity index (χ0v) is 12.2. The second-order valence-corrected chi connectivity index (χ2v) is 5.44. The van der Waals surface area contributed by atoms with E-state index in [-0.39, 0.29) is 0 Å². The van der Waals surface area contributed by atoms with Crippen molar-refractivity contribution in [2.24, 2.45) is 7.05 Å². The Morgan fingerprint density at radius 2 is 2.11 bits per heavy atom. The zero-order valence-electron chi connectivity index (χ0n) is 12.2. The van der Waals surface area contributed by atoms with Gasteiger partial charge in [0.2, 0.25) is 0 Å². The molecule has 102 valence electrons. The van der Waals surface area contributed by atoms with Crippen molar-refractivity contribution >= 4 is 0 Å². The number of aryl methyl sites for hydroxylation is 2. The van der Waals surface area contributed by atoms with E-state index in [4.69, 9.17) is 4.74 Å². The Morgan fingerprint density at radius 3 is 2.61 bits per heavy atom. The van der Waals surface area contributed by atoms with Gasteiger partial charge in [0, 0.05) is 37.0 Å². The molecule has 1 aliphatic heterocycles. The molecule has 3 atom stereocenters. The predicted molar refractivity (Wildman–Crippen MR) is 72.7 cm³/mol. The number of nitrogens with zero attached hydrogens (tertiary/aromatic N) is 2. The highest BCUT2D eigenvalue weighted by Crippen LogP contribution is 2.23. The largest absolute Gasteiger partial charge is 0.377 e. The molecule has 3 unspecified atom stereocenters. The van der Waals surface area contributed by atoms with Crippen LogP contribution in [0.25, 0.3) is 0 Å². The van der Waals surface area contributed by atoms with Crippen molar-refractivity contribution in [3.8, 4) is 0 Å². The van der Waals surface area contributed by atoms with Gasteiger partial charge in [0.15, 0.2) is 0 Å². The average molecular weight is 251 g/mol. The Bertz CT molecular complexity index is 407. The van der Waals surface area contributed by atoms with Crippen molar-refractivity contribution in [3.05, 3.63) is 17.0 Å². The average Bonchev–Trinajstić information content (AvgIpc) is 2.88. The topological polar surface area (TPSA) is 39.1 Å². The van der Waals surface area contributed by atoms with E-state index in [9.17, 15) is 0 Å². The van der Waals surface area contributed by atoms with E-state index in [1.807, 2.05) is 11.7 Å². The number of nitrogens with one attached hydrogen (secondary N) is 1. The SMILES string of the molecule is Cc1nn(C)c(C)c1C(C)NC(C)C1CCCO1. The van der Waals surface area contributed by atoms with Gasteiger partial charge < -0.3 is 10.1 Å². The van der Waals surface area contributed by atoms with Gasteiger partial charge in [-0.15, -0.1) is 0 Å². The fraction of sp³-hybridized carbons (Fsp3) is 0.786. The number of ether oxygens (including phenoxy) is 1. The minimum absolute atomic E-state index is 0.317. The van der Waals surface area contributed by atoms with E-state index in [1.165, 1.54) is 24.1 Å². The van der Waals surface area contributed by atoms with Crippen molar-refractivity contribution in [1.29, 1.82) is 0 Å². The molecular formula is C14H25N3O. The van der Waals surface area contributed by atoms with Gasteiger partial charge >= 0.3 is 0 Å². The molecule has 1 N–H and O–H groups in total. The van der Waals surface area contributed by atoms with E-state index in [1.54, 1.807) is 0 Å². The van der Waals surface area contributed by atoms with E-state index < -0.39 is 0 Å². The molecule has 0 bridgehead atoms. The number of hydrogen-bond acceptors (Lipinski definition) is 3. The van der Waals surface area contributed by atoms with Crippen molar-refractivity contribution < 1.29 is 4.74 Å². The lowest BCUT2D eigenvalue weighted by molar-refractivity contribution is 0.0803. The highest BCUT2D eigenvalue weighted by atomic mass is 16.5. The molecule has 1 aliphatic rings. The van der Waals surface area contributed by atoms with Crippen LogP contribution in [0.4, 0.5) is 0 Å². The molecule has 1 aromatic rings. The van der Waals surface area contributed by atoms with Crippen LogP contribution in [0.3, 0.4) is 0 Å². The highest BCUT2D eigenvalue weighted by molar-refractivity contribution is 5.27. The Hall–Kier alpha value is -0.870. The molecule has 2 heterocycles. The lowest BCUT2D eigenvalue weighted by atomic mass is 10.0. The molecule has 0 radical (unpaired) electrons. The summed E-state index contributed by atoms with van der Waals surface area (Å²) in [6.45, 7) is 9.55. The Labute approximate surface area is 110 Å². The molecule has 0 amide bonds. The van der Waals surface area contributed by atoms with Crippen LogP contribution in [-0.2, 0) is 11.8 Å². The van der Waals surface area contributed by atoms with E-state index in [0.717, 1.165) is 12.3 Å². The third-order valence-corrected chi connectivity index (χ3v) is 4.03. The Morgan fingerprint density at radius 1 is 1.39 bits per heavy atom. The van der Waals surface area contributed by atoms with E-state index >= 15 is 0 Å². The molecule has 4 heteroatoms. The summed E-state index contributed by atoms with van der Waals surface area (Å²) in [5.74, 6) is 0. The van der Waals surface area contributed by atoms with Gasteiger partial charge in [-0.1, -0.05) is 0 Å². The number of rotatable bonds is 4. The molecule has 1 saturated heterocycles. The van der Waals surface area contributed by atoms with Gasteiger partial charge in [-0.3, -0.25) is 4.68 Å². The lowest BCUT2D eigenvalue weighted by Crippen LogP contribution is -2.38. The third-order valence-electron chi connectivity index (χ3n) is 4.03. The molecule has 2 rings (SSSR count). The van der Waals surface area contributed by atoms with Crippen LogP contribution in [0, 0.1) is 13.8 Å². The third kappa shape index (κ3) is 2.59. The van der Waals surface area contributed by atoms with Crippen LogP contribution >= 0.6 is 0 Å². The first kappa shape index (κ1) is 13.6. The Kier molecular flexibility index (Phi) is 4.07. The number of hydrogen-bond donors (Lipinski definition) is 1. The maximum absolute atomic E-state index is 5.73. The first-order valence-corrected chi connectivity index (χ1v) is 6.88. The highest BCUT2D eigenvalue weighted by Gasteiger charge is 2.25. The van der Waals surface area contributed by atoms with Crippen LogP contribution in [0.1, 0.15) is 49.7 Å². The first-order valence-electron chi connectivity index (χ1n) is 6.88. The molecular weight excluding hydrogens is 226 g/mol. The quantitative estimate of drug-likeness (QED) is 0.892. The van der Waals surface area contributed by atoms with Gasteiger partial charge in [-0.2, -0.15) is 5.10 Å². The van der Waals surface area contributed by atoms with Gasteiger partial charge in [0.1, 0.15) is 0 Å². The summed E-state index contributed by atoms with van der Waals surface area (Å²) < 4.78 is 7.69. The first-order chi connectivity index (χ1) is 8.50. The van der Waals surface area contributed by atoms with Crippen molar-refractivity contribution in [2.45, 2.75) is 58.7 Å². The monoisotopic (exact) mass is 251 g/mol. The summed E-state index contributed by atoms with van der Waals surface area (Å²) in [4.78, 5) is 0. The molecule has 0 saturated carbocycles. The summed E-state index contributed by atoms with van der Waals surface area (Å²) >= 11 is 0. The maximum Gasteiger partial charge on any atom is 0.0726 e. The molecule has 4 nitrogen and oxygen atoms in total. The van der Waals surface area contributed by atoms with Crippen molar-refractivity contribution in [2.75, 3.05) is 6.61 Å². The minimum atomic E-state index is 0.317. The second kappa shape index (κ2) is 5.41. The van der Waals surface area contributed by atoms with Crippen molar-refractivity contribution in [1.82, 2.24) is 15.1 Å². The van der Waals surface area contributed by atoms with Gasteiger partial charge in [-0.05, 0) is 40.5 Å². The summed E-state index contributed by atoms with van der Waals surface area (Å²) in [6.07, 6.45) is 2.73. The summed E-state index contributed by atoms with van der Waals surface area (Å²) in [7, 11) is 2.00. The van der Waals surface area contributed by atoms with Gasteiger partial charge in [-0.25, -0.2) is 0 Å². The van der Waals surface area contributed by atoms with E-state index in [2.05, 4.69) is 38.1 Å². The van der Waals surface area contributed by atoms with Crippen LogP contribution in [0.5, 0.6) is 0 Å².